The first-order chi connectivity index (χ1) is 8.24. The summed E-state index contributed by atoms with van der Waals surface area (Å²) in [5, 5.41) is 16.2. The highest BCUT2D eigenvalue weighted by molar-refractivity contribution is 6.03. The van der Waals surface area contributed by atoms with Crippen molar-refractivity contribution in [3.8, 4) is 5.75 Å². The Labute approximate surface area is 100 Å². The lowest BCUT2D eigenvalue weighted by atomic mass is 10.0. The molecule has 0 unspecified atom stereocenters. The number of hydrogen-bond acceptors (Lipinski definition) is 1. The lowest BCUT2D eigenvalue weighted by Crippen LogP contribution is -2.23. The third-order valence-corrected chi connectivity index (χ3v) is 2.66. The first-order valence-corrected chi connectivity index (χ1v) is 5.71. The second-order valence-electron chi connectivity index (χ2n) is 3.92. The van der Waals surface area contributed by atoms with E-state index in [9.17, 15) is 9.90 Å². The highest BCUT2D eigenvalue weighted by Gasteiger charge is 2.14. The second kappa shape index (κ2) is 4.87. The largest absolute Gasteiger partial charge is 0.352 e. The van der Waals surface area contributed by atoms with Crippen LogP contribution in [0.25, 0.3) is 10.8 Å². The number of amides is 1. The fraction of sp³-hybridized carbons (Fsp3) is 0.214. The zero-order valence-electron chi connectivity index (χ0n) is 9.69. The van der Waals surface area contributed by atoms with Gasteiger partial charge in [-0.1, -0.05) is 37.3 Å². The molecular formula is C14H14NO2. The van der Waals surface area contributed by atoms with Crippen molar-refractivity contribution in [1.82, 2.24) is 5.32 Å². The van der Waals surface area contributed by atoms with Crippen LogP contribution in [0.15, 0.2) is 36.4 Å². The predicted octanol–water partition coefficient (Wildman–Crippen LogP) is 3.12. The van der Waals surface area contributed by atoms with Crippen LogP contribution in [-0.2, 0) is 5.11 Å². The van der Waals surface area contributed by atoms with Crippen LogP contribution in [-0.4, -0.2) is 12.5 Å². The zero-order chi connectivity index (χ0) is 12.3. The molecule has 2 rings (SSSR count). The molecule has 0 fully saturated rings. The SMILES string of the molecule is CCCNC(=O)c1ccc2ccccc2c1[O]. The lowest BCUT2D eigenvalue weighted by molar-refractivity contribution is 0.0949. The maximum Gasteiger partial charge on any atom is 0.255 e. The molecule has 0 heterocycles. The predicted molar refractivity (Wildman–Crippen MR) is 66.7 cm³/mol. The molecule has 2 aromatic carbocycles. The van der Waals surface area contributed by atoms with Crippen molar-refractivity contribution in [1.29, 1.82) is 0 Å². The Hall–Kier alpha value is -2.03. The summed E-state index contributed by atoms with van der Waals surface area (Å²) in [7, 11) is 0. The van der Waals surface area contributed by atoms with Crippen molar-refractivity contribution in [2.45, 2.75) is 13.3 Å². The van der Waals surface area contributed by atoms with Crippen LogP contribution in [0.3, 0.4) is 0 Å². The number of rotatable bonds is 3. The molecule has 0 spiro atoms. The zero-order valence-corrected chi connectivity index (χ0v) is 9.69. The summed E-state index contributed by atoms with van der Waals surface area (Å²) < 4.78 is 0. The number of nitrogens with one attached hydrogen (secondary N) is 1. The van der Waals surface area contributed by atoms with Crippen molar-refractivity contribution in [2.24, 2.45) is 0 Å². The summed E-state index contributed by atoms with van der Waals surface area (Å²) in [6.45, 7) is 2.56. The van der Waals surface area contributed by atoms with E-state index < -0.39 is 0 Å². The second-order valence-corrected chi connectivity index (χ2v) is 3.92. The van der Waals surface area contributed by atoms with Gasteiger partial charge >= 0.3 is 0 Å². The van der Waals surface area contributed by atoms with Gasteiger partial charge < -0.3 is 5.32 Å². The maximum absolute atomic E-state index is 12.1. The van der Waals surface area contributed by atoms with E-state index in [1.165, 1.54) is 0 Å². The fourth-order valence-corrected chi connectivity index (χ4v) is 1.76. The van der Waals surface area contributed by atoms with Gasteiger partial charge in [-0.2, -0.15) is 0 Å². The molecule has 0 aliphatic carbocycles. The van der Waals surface area contributed by atoms with Gasteiger partial charge in [-0.05, 0) is 17.9 Å². The molecule has 3 nitrogen and oxygen atoms in total. The molecule has 1 amide bonds. The number of hydrogen-bond donors (Lipinski definition) is 1. The summed E-state index contributed by atoms with van der Waals surface area (Å²) in [6, 6.07) is 10.7. The fourth-order valence-electron chi connectivity index (χ4n) is 1.76. The van der Waals surface area contributed by atoms with E-state index in [0.717, 1.165) is 11.8 Å². The number of benzene rings is 2. The Kier molecular flexibility index (Phi) is 3.28. The topological polar surface area (TPSA) is 49.0 Å². The van der Waals surface area contributed by atoms with Crippen molar-refractivity contribution in [3.63, 3.8) is 0 Å². The molecule has 1 N–H and O–H groups in total. The van der Waals surface area contributed by atoms with Crippen LogP contribution >= 0.6 is 0 Å². The molecule has 87 valence electrons. The first-order valence-electron chi connectivity index (χ1n) is 5.71. The van der Waals surface area contributed by atoms with E-state index in [2.05, 4.69) is 5.32 Å². The molecular weight excluding hydrogens is 214 g/mol. The van der Waals surface area contributed by atoms with Crippen LogP contribution in [0, 0.1) is 0 Å². The van der Waals surface area contributed by atoms with Crippen LogP contribution in [0.4, 0.5) is 0 Å². The minimum absolute atomic E-state index is 0.197. The summed E-state index contributed by atoms with van der Waals surface area (Å²) in [5.41, 5.74) is 0.220. The Morgan fingerprint density at radius 3 is 2.71 bits per heavy atom. The standard InChI is InChI=1S/C14H14NO2/c1-2-9-15-14(17)12-8-7-10-5-3-4-6-11(10)13(12)16/h3-8H,2,9H2,1H3,(H,15,17). The molecule has 0 bridgehead atoms. The molecule has 1 radical (unpaired) electrons. The van der Waals surface area contributed by atoms with Gasteiger partial charge in [0.1, 0.15) is 0 Å². The van der Waals surface area contributed by atoms with Crippen LogP contribution in [0.1, 0.15) is 23.7 Å². The maximum atomic E-state index is 12.1. The number of fused-ring (bicyclic) bond motifs is 1. The van der Waals surface area contributed by atoms with Gasteiger partial charge in [-0.3, -0.25) is 9.90 Å². The van der Waals surface area contributed by atoms with Gasteiger partial charge in [-0.15, -0.1) is 0 Å². The van der Waals surface area contributed by atoms with E-state index in [0.29, 0.717) is 11.9 Å². The van der Waals surface area contributed by atoms with Crippen molar-refractivity contribution >= 4 is 16.7 Å². The average molecular weight is 228 g/mol. The van der Waals surface area contributed by atoms with E-state index in [-0.39, 0.29) is 17.2 Å². The Morgan fingerprint density at radius 2 is 1.94 bits per heavy atom. The summed E-state index contributed by atoms with van der Waals surface area (Å²) in [4.78, 5) is 11.8. The highest BCUT2D eigenvalue weighted by atomic mass is 16.3. The van der Waals surface area contributed by atoms with Crippen molar-refractivity contribution < 1.29 is 9.90 Å². The van der Waals surface area contributed by atoms with Gasteiger partial charge in [0.25, 0.3) is 5.91 Å². The molecule has 0 aliphatic rings. The van der Waals surface area contributed by atoms with Crippen LogP contribution in [0.5, 0.6) is 5.75 Å². The molecule has 0 saturated heterocycles. The van der Waals surface area contributed by atoms with Crippen LogP contribution in [0.2, 0.25) is 0 Å². The van der Waals surface area contributed by atoms with Gasteiger partial charge in [0.05, 0.1) is 5.56 Å². The average Bonchev–Trinajstić information content (AvgIpc) is 2.37. The van der Waals surface area contributed by atoms with E-state index >= 15 is 0 Å². The molecule has 0 aromatic heterocycles. The Bertz CT molecular complexity index is 549. The van der Waals surface area contributed by atoms with Gasteiger partial charge in [0.15, 0.2) is 5.75 Å². The summed E-state index contributed by atoms with van der Waals surface area (Å²) in [5.74, 6) is -0.487. The molecule has 2 aromatic rings. The number of carbonyl (C=O) groups is 1. The van der Waals surface area contributed by atoms with E-state index in [1.54, 1.807) is 24.3 Å². The van der Waals surface area contributed by atoms with Crippen molar-refractivity contribution in [2.75, 3.05) is 6.54 Å². The third-order valence-electron chi connectivity index (χ3n) is 2.66. The molecule has 0 saturated carbocycles. The third kappa shape index (κ3) is 2.23. The van der Waals surface area contributed by atoms with Gasteiger partial charge in [0.2, 0.25) is 0 Å². The van der Waals surface area contributed by atoms with Crippen LogP contribution < -0.4 is 5.32 Å². The van der Waals surface area contributed by atoms with Gasteiger partial charge in [-0.25, -0.2) is 0 Å². The smallest absolute Gasteiger partial charge is 0.255 e. The van der Waals surface area contributed by atoms with Gasteiger partial charge in [0, 0.05) is 11.9 Å². The van der Waals surface area contributed by atoms with E-state index in [1.807, 2.05) is 19.1 Å². The Morgan fingerprint density at radius 1 is 1.18 bits per heavy atom. The molecule has 3 heteroatoms. The lowest BCUT2D eigenvalue weighted by Gasteiger charge is -2.06. The summed E-state index contributed by atoms with van der Waals surface area (Å²) in [6.07, 6.45) is 0.855. The van der Waals surface area contributed by atoms with Crippen molar-refractivity contribution in [3.05, 3.63) is 42.0 Å². The molecule has 17 heavy (non-hydrogen) atoms. The van der Waals surface area contributed by atoms with E-state index in [4.69, 9.17) is 0 Å². The number of carbonyl (C=O) groups excluding carboxylic acids is 1. The highest BCUT2D eigenvalue weighted by Crippen LogP contribution is 2.28. The first kappa shape index (κ1) is 11.5. The quantitative estimate of drug-likeness (QED) is 0.862. The molecule has 0 aliphatic heterocycles. The molecule has 0 atom stereocenters. The normalized spacial score (nSPS) is 10.4. The Balaban J connectivity index is 2.42. The minimum Gasteiger partial charge on any atom is -0.352 e. The minimum atomic E-state index is -0.289. The summed E-state index contributed by atoms with van der Waals surface area (Å²) >= 11 is 0. The monoisotopic (exact) mass is 228 g/mol.